The zero-order valence-electron chi connectivity index (χ0n) is 12.1. The van der Waals surface area contributed by atoms with Gasteiger partial charge in [0.05, 0.1) is 18.3 Å². The zero-order valence-corrected chi connectivity index (χ0v) is 12.1. The molecule has 3 nitrogen and oxygen atoms in total. The first-order valence-electron chi connectivity index (χ1n) is 6.59. The number of aliphatic hydroxyl groups excluding tert-OH is 1. The lowest BCUT2D eigenvalue weighted by molar-refractivity contribution is -0.0482. The molecule has 0 aliphatic carbocycles. The van der Waals surface area contributed by atoms with Gasteiger partial charge in [0.15, 0.2) is 0 Å². The molecular formula is C15H24FNO2. The van der Waals surface area contributed by atoms with E-state index < -0.39 is 6.10 Å². The Hall–Kier alpha value is -0.970. The Morgan fingerprint density at radius 3 is 2.63 bits per heavy atom. The molecule has 0 radical (unpaired) electrons. The number of hydrogen-bond donors (Lipinski definition) is 2. The first kappa shape index (κ1) is 16.1. The van der Waals surface area contributed by atoms with Crippen LogP contribution in [0.25, 0.3) is 0 Å². The van der Waals surface area contributed by atoms with E-state index >= 15 is 0 Å². The minimum Gasteiger partial charge on any atom is -0.389 e. The minimum atomic E-state index is -0.574. The summed E-state index contributed by atoms with van der Waals surface area (Å²) in [7, 11) is 0. The highest BCUT2D eigenvalue weighted by Gasteiger charge is 2.14. The Bertz CT molecular complexity index is 390. The van der Waals surface area contributed by atoms with Crippen molar-refractivity contribution in [2.45, 2.75) is 45.4 Å². The molecule has 2 atom stereocenters. The highest BCUT2D eigenvalue weighted by atomic mass is 19.1. The average molecular weight is 269 g/mol. The van der Waals surface area contributed by atoms with E-state index in [9.17, 15) is 9.50 Å². The molecule has 0 fully saturated rings. The van der Waals surface area contributed by atoms with Gasteiger partial charge in [-0.05, 0) is 45.4 Å². The predicted octanol–water partition coefficient (Wildman–Crippen LogP) is 2.65. The van der Waals surface area contributed by atoms with Crippen LogP contribution in [-0.4, -0.2) is 30.0 Å². The number of hydrogen-bond acceptors (Lipinski definition) is 3. The molecule has 0 aromatic heterocycles. The maximum Gasteiger partial charge on any atom is 0.123 e. The monoisotopic (exact) mass is 269 g/mol. The lowest BCUT2D eigenvalue weighted by Crippen LogP contribution is -2.34. The van der Waals surface area contributed by atoms with Crippen molar-refractivity contribution >= 4 is 0 Å². The third-order valence-electron chi connectivity index (χ3n) is 2.72. The predicted molar refractivity (Wildman–Crippen MR) is 74.5 cm³/mol. The molecule has 0 aliphatic rings. The molecule has 1 rings (SSSR count). The largest absolute Gasteiger partial charge is 0.389 e. The fourth-order valence-electron chi connectivity index (χ4n) is 1.61. The van der Waals surface area contributed by atoms with E-state index in [4.69, 9.17) is 4.74 Å². The Labute approximate surface area is 114 Å². The molecule has 0 heterocycles. The quantitative estimate of drug-likeness (QED) is 0.834. The van der Waals surface area contributed by atoms with Gasteiger partial charge in [-0.15, -0.1) is 0 Å². The number of ether oxygens (including phenoxy) is 1. The van der Waals surface area contributed by atoms with Crippen molar-refractivity contribution in [2.24, 2.45) is 0 Å². The van der Waals surface area contributed by atoms with Crippen molar-refractivity contribution < 1.29 is 14.2 Å². The molecule has 1 unspecified atom stereocenters. The van der Waals surface area contributed by atoms with E-state index in [0.717, 1.165) is 5.56 Å². The fourth-order valence-corrected chi connectivity index (χ4v) is 1.61. The van der Waals surface area contributed by atoms with E-state index in [2.05, 4.69) is 5.32 Å². The molecule has 0 bridgehead atoms. The summed E-state index contributed by atoms with van der Waals surface area (Å²) in [6.07, 6.45) is -0.574. The lowest BCUT2D eigenvalue weighted by atomic mass is 10.1. The topological polar surface area (TPSA) is 41.5 Å². The highest BCUT2D eigenvalue weighted by molar-refractivity contribution is 5.19. The number of rotatable bonds is 6. The number of halogens is 1. The summed E-state index contributed by atoms with van der Waals surface area (Å²) < 4.78 is 18.6. The molecule has 19 heavy (non-hydrogen) atoms. The summed E-state index contributed by atoms with van der Waals surface area (Å²) in [6, 6.07) is 6.44. The third kappa shape index (κ3) is 6.66. The highest BCUT2D eigenvalue weighted by Crippen LogP contribution is 2.13. The Morgan fingerprint density at radius 1 is 1.37 bits per heavy atom. The Kier molecular flexibility index (Phi) is 5.91. The van der Waals surface area contributed by atoms with Gasteiger partial charge >= 0.3 is 0 Å². The molecule has 1 aromatic rings. The van der Waals surface area contributed by atoms with Gasteiger partial charge in [0.25, 0.3) is 0 Å². The van der Waals surface area contributed by atoms with Crippen molar-refractivity contribution in [1.82, 2.24) is 5.32 Å². The SMILES string of the molecule is C[C@@H](NCC(O)COC(C)(C)C)c1cccc(F)c1. The molecule has 2 N–H and O–H groups in total. The van der Waals surface area contributed by atoms with Crippen LogP contribution in [0.5, 0.6) is 0 Å². The Morgan fingerprint density at radius 2 is 2.05 bits per heavy atom. The van der Waals surface area contributed by atoms with Gasteiger partial charge in [-0.25, -0.2) is 4.39 Å². The van der Waals surface area contributed by atoms with Crippen LogP contribution in [-0.2, 0) is 4.74 Å². The molecule has 0 aliphatic heterocycles. The van der Waals surface area contributed by atoms with Crippen LogP contribution in [0.2, 0.25) is 0 Å². The van der Waals surface area contributed by atoms with Crippen molar-refractivity contribution in [3.05, 3.63) is 35.6 Å². The molecule has 0 spiro atoms. The second-order valence-corrected chi connectivity index (χ2v) is 5.76. The van der Waals surface area contributed by atoms with Gasteiger partial charge < -0.3 is 15.2 Å². The van der Waals surface area contributed by atoms with Crippen LogP contribution in [0.15, 0.2) is 24.3 Å². The van der Waals surface area contributed by atoms with Crippen LogP contribution in [0.4, 0.5) is 4.39 Å². The standard InChI is InChI=1S/C15H24FNO2/c1-11(12-6-5-7-13(16)8-12)17-9-14(18)10-19-15(2,3)4/h5-8,11,14,17-18H,9-10H2,1-4H3/t11-,14?/m1/s1. The van der Waals surface area contributed by atoms with Crippen LogP contribution in [0.1, 0.15) is 39.3 Å². The van der Waals surface area contributed by atoms with E-state index in [-0.39, 0.29) is 24.1 Å². The summed E-state index contributed by atoms with van der Waals surface area (Å²) >= 11 is 0. The fraction of sp³-hybridized carbons (Fsp3) is 0.600. The summed E-state index contributed by atoms with van der Waals surface area (Å²) in [5.41, 5.74) is 0.610. The van der Waals surface area contributed by atoms with Gasteiger partial charge in [-0.1, -0.05) is 12.1 Å². The average Bonchev–Trinajstić information content (AvgIpc) is 2.32. The summed E-state index contributed by atoms with van der Waals surface area (Å²) in [4.78, 5) is 0. The second-order valence-electron chi connectivity index (χ2n) is 5.76. The molecule has 0 saturated carbocycles. The third-order valence-corrected chi connectivity index (χ3v) is 2.72. The van der Waals surface area contributed by atoms with Gasteiger partial charge in [0, 0.05) is 12.6 Å². The van der Waals surface area contributed by atoms with Crippen LogP contribution in [0.3, 0.4) is 0 Å². The lowest BCUT2D eigenvalue weighted by Gasteiger charge is -2.23. The van der Waals surface area contributed by atoms with Crippen molar-refractivity contribution in [1.29, 1.82) is 0 Å². The summed E-state index contributed by atoms with van der Waals surface area (Å²) in [6.45, 7) is 8.47. The molecular weight excluding hydrogens is 245 g/mol. The zero-order chi connectivity index (χ0) is 14.5. The van der Waals surface area contributed by atoms with Gasteiger partial charge in [0.1, 0.15) is 5.82 Å². The maximum atomic E-state index is 13.1. The number of benzene rings is 1. The Balaban J connectivity index is 2.36. The normalized spacial score (nSPS) is 15.3. The van der Waals surface area contributed by atoms with E-state index in [0.29, 0.717) is 6.54 Å². The number of aliphatic hydroxyl groups is 1. The van der Waals surface area contributed by atoms with Crippen molar-refractivity contribution in [2.75, 3.05) is 13.2 Å². The minimum absolute atomic E-state index is 0.0139. The van der Waals surface area contributed by atoms with Crippen LogP contribution >= 0.6 is 0 Å². The molecule has 1 aromatic carbocycles. The van der Waals surface area contributed by atoms with Crippen LogP contribution < -0.4 is 5.32 Å². The first-order chi connectivity index (χ1) is 8.78. The van der Waals surface area contributed by atoms with E-state index in [1.807, 2.05) is 33.8 Å². The molecule has 0 saturated heterocycles. The molecule has 108 valence electrons. The van der Waals surface area contributed by atoms with Gasteiger partial charge in [0.2, 0.25) is 0 Å². The molecule has 4 heteroatoms. The van der Waals surface area contributed by atoms with E-state index in [1.165, 1.54) is 12.1 Å². The number of nitrogens with one attached hydrogen (secondary N) is 1. The first-order valence-corrected chi connectivity index (χ1v) is 6.59. The van der Waals surface area contributed by atoms with Crippen molar-refractivity contribution in [3.63, 3.8) is 0 Å². The van der Waals surface area contributed by atoms with Crippen molar-refractivity contribution in [3.8, 4) is 0 Å². The van der Waals surface area contributed by atoms with Gasteiger partial charge in [-0.3, -0.25) is 0 Å². The smallest absolute Gasteiger partial charge is 0.123 e. The van der Waals surface area contributed by atoms with E-state index in [1.54, 1.807) is 6.07 Å². The summed E-state index contributed by atoms with van der Waals surface area (Å²) in [5.74, 6) is -0.247. The van der Waals surface area contributed by atoms with Crippen LogP contribution in [0, 0.1) is 5.82 Å². The molecule has 0 amide bonds. The summed E-state index contributed by atoms with van der Waals surface area (Å²) in [5, 5.41) is 13.0. The van der Waals surface area contributed by atoms with Gasteiger partial charge in [-0.2, -0.15) is 0 Å². The maximum absolute atomic E-state index is 13.1. The second kappa shape index (κ2) is 6.98.